The Morgan fingerprint density at radius 2 is 2.23 bits per heavy atom. The maximum absolute atomic E-state index is 4.08. The third kappa shape index (κ3) is 2.16. The minimum Gasteiger partial charge on any atom is -0.201 e. The normalized spacial score (nSPS) is 10.2. The molecule has 0 atom stereocenters. The standard InChI is InChI=1S/C11H11NS/c1-9-3-2-4-10(5-9)6-11-7-12-13-8-11/h2-5,7-8H,6H2,1H3. The van der Waals surface area contributed by atoms with Gasteiger partial charge in [0.25, 0.3) is 0 Å². The summed E-state index contributed by atoms with van der Waals surface area (Å²) >= 11 is 1.51. The van der Waals surface area contributed by atoms with Gasteiger partial charge in [0.1, 0.15) is 0 Å². The average molecular weight is 189 g/mol. The highest BCUT2D eigenvalue weighted by molar-refractivity contribution is 7.03. The lowest BCUT2D eigenvalue weighted by Gasteiger charge is -1.99. The fraction of sp³-hybridized carbons (Fsp3) is 0.182. The molecule has 0 amide bonds. The van der Waals surface area contributed by atoms with Crippen LogP contribution in [0.4, 0.5) is 0 Å². The molecule has 0 aliphatic rings. The molecule has 0 N–H and O–H groups in total. The second-order valence-electron chi connectivity index (χ2n) is 3.20. The lowest BCUT2D eigenvalue weighted by molar-refractivity contribution is 1.18. The zero-order valence-electron chi connectivity index (χ0n) is 7.53. The molecule has 2 aromatic rings. The van der Waals surface area contributed by atoms with Crippen molar-refractivity contribution in [2.75, 3.05) is 0 Å². The molecule has 0 unspecified atom stereocenters. The first-order valence-corrected chi connectivity index (χ1v) is 5.12. The summed E-state index contributed by atoms with van der Waals surface area (Å²) in [6, 6.07) is 8.60. The predicted octanol–water partition coefficient (Wildman–Crippen LogP) is 3.04. The lowest BCUT2D eigenvalue weighted by atomic mass is 10.1. The molecule has 0 saturated carbocycles. The van der Waals surface area contributed by atoms with E-state index in [-0.39, 0.29) is 0 Å². The SMILES string of the molecule is Cc1cccc(Cc2cnsc2)c1. The summed E-state index contributed by atoms with van der Waals surface area (Å²) in [6.07, 6.45) is 2.94. The Hall–Kier alpha value is -1.15. The Morgan fingerprint density at radius 3 is 2.92 bits per heavy atom. The van der Waals surface area contributed by atoms with Gasteiger partial charge in [0.15, 0.2) is 0 Å². The average Bonchev–Trinajstić information content (AvgIpc) is 2.57. The molecule has 0 spiro atoms. The smallest absolute Gasteiger partial charge is 0.0442 e. The van der Waals surface area contributed by atoms with Crippen molar-refractivity contribution in [1.82, 2.24) is 4.37 Å². The fourth-order valence-corrected chi connectivity index (χ4v) is 1.91. The molecule has 13 heavy (non-hydrogen) atoms. The first kappa shape index (κ1) is 8.45. The summed E-state index contributed by atoms with van der Waals surface area (Å²) in [5, 5.41) is 2.10. The van der Waals surface area contributed by atoms with Crippen molar-refractivity contribution in [3.8, 4) is 0 Å². The van der Waals surface area contributed by atoms with Crippen molar-refractivity contribution >= 4 is 11.5 Å². The van der Waals surface area contributed by atoms with E-state index in [1.54, 1.807) is 0 Å². The summed E-state index contributed by atoms with van der Waals surface area (Å²) in [6.45, 7) is 2.12. The van der Waals surface area contributed by atoms with Crippen LogP contribution in [-0.4, -0.2) is 4.37 Å². The Morgan fingerprint density at radius 1 is 1.31 bits per heavy atom. The number of benzene rings is 1. The van der Waals surface area contributed by atoms with Crippen molar-refractivity contribution in [1.29, 1.82) is 0 Å². The van der Waals surface area contributed by atoms with Crippen molar-refractivity contribution in [2.45, 2.75) is 13.3 Å². The van der Waals surface area contributed by atoms with Gasteiger partial charge in [-0.15, -0.1) is 0 Å². The van der Waals surface area contributed by atoms with Crippen molar-refractivity contribution in [3.63, 3.8) is 0 Å². The van der Waals surface area contributed by atoms with Gasteiger partial charge in [0, 0.05) is 11.6 Å². The van der Waals surface area contributed by atoms with E-state index in [9.17, 15) is 0 Å². The van der Waals surface area contributed by atoms with Gasteiger partial charge < -0.3 is 0 Å². The summed E-state index contributed by atoms with van der Waals surface area (Å²) in [7, 11) is 0. The van der Waals surface area contributed by atoms with E-state index >= 15 is 0 Å². The molecule has 1 nitrogen and oxygen atoms in total. The van der Waals surface area contributed by atoms with Crippen LogP contribution in [0.25, 0.3) is 0 Å². The Balaban J connectivity index is 2.19. The van der Waals surface area contributed by atoms with E-state index in [1.165, 1.54) is 28.2 Å². The summed E-state index contributed by atoms with van der Waals surface area (Å²) in [5.41, 5.74) is 3.98. The van der Waals surface area contributed by atoms with Crippen molar-refractivity contribution < 1.29 is 0 Å². The number of rotatable bonds is 2. The first-order valence-electron chi connectivity index (χ1n) is 4.28. The number of aromatic nitrogens is 1. The van der Waals surface area contributed by atoms with Gasteiger partial charge in [0.2, 0.25) is 0 Å². The Labute approximate surface area is 82.2 Å². The molecule has 0 radical (unpaired) electrons. The molecule has 2 heteroatoms. The molecule has 1 aromatic heterocycles. The van der Waals surface area contributed by atoms with Crippen molar-refractivity contribution in [2.24, 2.45) is 0 Å². The monoisotopic (exact) mass is 189 g/mol. The topological polar surface area (TPSA) is 12.9 Å². The van der Waals surface area contributed by atoms with Gasteiger partial charge >= 0.3 is 0 Å². The van der Waals surface area contributed by atoms with Crippen LogP contribution in [-0.2, 0) is 6.42 Å². The minimum absolute atomic E-state index is 0.998. The largest absolute Gasteiger partial charge is 0.201 e. The van der Waals surface area contributed by atoms with Crippen LogP contribution in [0.15, 0.2) is 35.8 Å². The van der Waals surface area contributed by atoms with Gasteiger partial charge in [-0.2, -0.15) is 0 Å². The molecule has 1 aromatic carbocycles. The van der Waals surface area contributed by atoms with Crippen LogP contribution in [0.5, 0.6) is 0 Å². The minimum atomic E-state index is 0.998. The molecule has 0 bridgehead atoms. The molecular weight excluding hydrogens is 178 g/mol. The predicted molar refractivity (Wildman–Crippen MR) is 56.1 cm³/mol. The second-order valence-corrected chi connectivity index (χ2v) is 3.86. The third-order valence-electron chi connectivity index (χ3n) is 1.97. The summed E-state index contributed by atoms with van der Waals surface area (Å²) in [5.74, 6) is 0. The second kappa shape index (κ2) is 3.71. The highest BCUT2D eigenvalue weighted by Gasteiger charge is 1.96. The van der Waals surface area contributed by atoms with Crippen LogP contribution in [0.2, 0.25) is 0 Å². The summed E-state index contributed by atoms with van der Waals surface area (Å²) < 4.78 is 4.08. The maximum atomic E-state index is 4.08. The van der Waals surface area contributed by atoms with Crippen molar-refractivity contribution in [3.05, 3.63) is 52.5 Å². The number of nitrogens with zero attached hydrogens (tertiary/aromatic N) is 1. The quantitative estimate of drug-likeness (QED) is 0.707. The lowest BCUT2D eigenvalue weighted by Crippen LogP contribution is -1.85. The van der Waals surface area contributed by atoms with Gasteiger partial charge in [-0.25, -0.2) is 4.37 Å². The van der Waals surface area contributed by atoms with Gasteiger partial charge in [-0.1, -0.05) is 29.8 Å². The molecule has 0 fully saturated rings. The molecule has 1 heterocycles. The fourth-order valence-electron chi connectivity index (χ4n) is 1.37. The van der Waals surface area contributed by atoms with Crippen LogP contribution < -0.4 is 0 Å². The van der Waals surface area contributed by atoms with E-state index in [4.69, 9.17) is 0 Å². The molecule has 0 saturated heterocycles. The highest BCUT2D eigenvalue weighted by atomic mass is 32.1. The Kier molecular flexibility index (Phi) is 2.41. The summed E-state index contributed by atoms with van der Waals surface area (Å²) in [4.78, 5) is 0. The molecule has 0 aliphatic heterocycles. The van der Waals surface area contributed by atoms with E-state index in [2.05, 4.69) is 40.9 Å². The van der Waals surface area contributed by atoms with Crippen LogP contribution in [0.3, 0.4) is 0 Å². The van der Waals surface area contributed by atoms with Crippen LogP contribution in [0.1, 0.15) is 16.7 Å². The van der Waals surface area contributed by atoms with Crippen LogP contribution >= 0.6 is 11.5 Å². The van der Waals surface area contributed by atoms with Gasteiger partial charge in [0.05, 0.1) is 0 Å². The van der Waals surface area contributed by atoms with Gasteiger partial charge in [-0.3, -0.25) is 0 Å². The molecular formula is C11H11NS. The van der Waals surface area contributed by atoms with E-state index in [0.29, 0.717) is 0 Å². The zero-order chi connectivity index (χ0) is 9.10. The third-order valence-corrected chi connectivity index (χ3v) is 2.61. The number of hydrogen-bond acceptors (Lipinski definition) is 2. The first-order chi connectivity index (χ1) is 6.34. The zero-order valence-corrected chi connectivity index (χ0v) is 8.34. The molecule has 66 valence electrons. The molecule has 2 rings (SSSR count). The van der Waals surface area contributed by atoms with E-state index in [0.717, 1.165) is 6.42 Å². The number of hydrogen-bond donors (Lipinski definition) is 0. The Bertz CT molecular complexity index is 379. The highest BCUT2D eigenvalue weighted by Crippen LogP contribution is 2.11. The van der Waals surface area contributed by atoms with Gasteiger partial charge in [-0.05, 0) is 36.0 Å². The maximum Gasteiger partial charge on any atom is 0.0442 e. The van der Waals surface area contributed by atoms with Crippen LogP contribution in [0, 0.1) is 6.92 Å². The van der Waals surface area contributed by atoms with E-state index in [1.807, 2.05) is 6.20 Å². The van der Waals surface area contributed by atoms with E-state index < -0.39 is 0 Å². The number of aryl methyl sites for hydroxylation is 1. The molecule has 0 aliphatic carbocycles.